The Kier molecular flexibility index (Phi) is 7.07. The van der Waals surface area contributed by atoms with Crippen LogP contribution in [-0.2, 0) is 29.4 Å². The van der Waals surface area contributed by atoms with Crippen molar-refractivity contribution in [3.05, 3.63) is 29.8 Å². The summed E-state index contributed by atoms with van der Waals surface area (Å²) in [6.07, 6.45) is 1.11. The largest absolute Gasteiger partial charge is 0.351 e. The van der Waals surface area contributed by atoms with Gasteiger partial charge in [0, 0.05) is 25.0 Å². The number of benzene rings is 1. The van der Waals surface area contributed by atoms with E-state index in [0.29, 0.717) is 19.3 Å². The Balaban J connectivity index is 1.49. The average Bonchev–Trinajstić information content (AvgIpc) is 3.06. The minimum Gasteiger partial charge on any atom is -0.351 e. The fraction of sp³-hybridized carbons (Fsp3) is 0.600. The summed E-state index contributed by atoms with van der Waals surface area (Å²) in [6, 6.07) is 5.44. The number of carbonyl (C=O) groups is 2. The lowest BCUT2D eigenvalue weighted by atomic mass is 9.97. The van der Waals surface area contributed by atoms with Crippen molar-refractivity contribution >= 4 is 31.7 Å². The molecule has 2 atom stereocenters. The van der Waals surface area contributed by atoms with Crippen LogP contribution in [0.15, 0.2) is 29.2 Å². The third-order valence-electron chi connectivity index (χ3n) is 5.81. The van der Waals surface area contributed by atoms with Crippen molar-refractivity contribution in [3.63, 3.8) is 0 Å². The number of nitrogens with one attached hydrogen (secondary N) is 2. The van der Waals surface area contributed by atoms with Crippen LogP contribution < -0.4 is 10.6 Å². The molecule has 2 aliphatic rings. The molecule has 0 radical (unpaired) electrons. The first-order chi connectivity index (χ1) is 14.5. The molecular weight excluding hydrogens is 442 g/mol. The maximum absolute atomic E-state index is 12.8. The number of sulfone groups is 1. The molecule has 2 saturated heterocycles. The predicted molar refractivity (Wildman–Crippen MR) is 115 cm³/mol. The van der Waals surface area contributed by atoms with Gasteiger partial charge in [-0.25, -0.2) is 16.8 Å². The normalized spacial score (nSPS) is 23.2. The summed E-state index contributed by atoms with van der Waals surface area (Å²) >= 11 is 0. The second kappa shape index (κ2) is 9.25. The molecule has 2 heterocycles. The summed E-state index contributed by atoms with van der Waals surface area (Å²) in [7, 11) is -6.70. The zero-order valence-electron chi connectivity index (χ0n) is 17.7. The van der Waals surface area contributed by atoms with E-state index in [0.717, 1.165) is 5.56 Å². The van der Waals surface area contributed by atoms with Crippen molar-refractivity contribution in [3.8, 4) is 0 Å². The van der Waals surface area contributed by atoms with Gasteiger partial charge in [-0.1, -0.05) is 17.7 Å². The van der Waals surface area contributed by atoms with Gasteiger partial charge in [-0.2, -0.15) is 4.31 Å². The van der Waals surface area contributed by atoms with Gasteiger partial charge < -0.3 is 10.6 Å². The highest BCUT2D eigenvalue weighted by molar-refractivity contribution is 7.91. The lowest BCUT2D eigenvalue weighted by molar-refractivity contribution is -0.131. The van der Waals surface area contributed by atoms with Gasteiger partial charge in [0.1, 0.15) is 6.04 Å². The number of aryl methyl sites for hydroxylation is 1. The lowest BCUT2D eigenvalue weighted by Gasteiger charge is -2.31. The lowest BCUT2D eigenvalue weighted by Crippen LogP contribution is -2.51. The number of hydrogen-bond donors (Lipinski definition) is 2. The molecule has 2 amide bonds. The number of amides is 2. The number of hydrogen-bond acceptors (Lipinski definition) is 6. The first-order valence-corrected chi connectivity index (χ1v) is 13.6. The standard InChI is InChI=1S/C20H29N3O6S2/c1-14-3-5-18(6-4-14)31(28,29)23-10-7-16(8-11-23)20(25)21-15(2)19(24)22-17-9-12-30(26,27)13-17/h3-6,15-17H,7-13H2,1-2H3,(H,21,25)(H,22,24)/t15-,17+/m1/s1. The Bertz CT molecular complexity index is 1030. The molecule has 9 nitrogen and oxygen atoms in total. The average molecular weight is 472 g/mol. The molecule has 3 rings (SSSR count). The van der Waals surface area contributed by atoms with Crippen molar-refractivity contribution in [2.75, 3.05) is 24.6 Å². The zero-order valence-corrected chi connectivity index (χ0v) is 19.3. The highest BCUT2D eigenvalue weighted by Crippen LogP contribution is 2.24. The molecule has 2 aliphatic heterocycles. The Morgan fingerprint density at radius 3 is 2.26 bits per heavy atom. The highest BCUT2D eigenvalue weighted by atomic mass is 32.2. The van der Waals surface area contributed by atoms with Gasteiger partial charge in [-0.15, -0.1) is 0 Å². The Hall–Kier alpha value is -1.98. The molecule has 11 heteroatoms. The first-order valence-electron chi connectivity index (χ1n) is 10.4. The fourth-order valence-electron chi connectivity index (χ4n) is 3.85. The third kappa shape index (κ3) is 5.83. The quantitative estimate of drug-likeness (QED) is 0.610. The predicted octanol–water partition coefficient (Wildman–Crippen LogP) is 0.204. The van der Waals surface area contributed by atoms with Crippen molar-refractivity contribution in [1.29, 1.82) is 0 Å². The number of piperidine rings is 1. The van der Waals surface area contributed by atoms with E-state index >= 15 is 0 Å². The SMILES string of the molecule is Cc1ccc(S(=O)(=O)N2CCC(C(=O)N[C@H](C)C(=O)N[C@H]3CCS(=O)(=O)C3)CC2)cc1. The molecule has 0 bridgehead atoms. The van der Waals surface area contributed by atoms with Crippen molar-refractivity contribution in [2.45, 2.75) is 50.1 Å². The molecule has 1 aromatic rings. The molecule has 0 saturated carbocycles. The second-order valence-corrected chi connectivity index (χ2v) is 12.5. The fourth-order valence-corrected chi connectivity index (χ4v) is 6.99. The molecule has 0 unspecified atom stereocenters. The molecule has 0 aliphatic carbocycles. The van der Waals surface area contributed by atoms with Crippen molar-refractivity contribution < 1.29 is 26.4 Å². The summed E-state index contributed by atoms with van der Waals surface area (Å²) < 4.78 is 50.0. The Labute approximate surface area is 183 Å². The van der Waals surface area contributed by atoms with E-state index in [2.05, 4.69) is 10.6 Å². The van der Waals surface area contributed by atoms with Gasteiger partial charge in [0.05, 0.1) is 16.4 Å². The Morgan fingerprint density at radius 2 is 1.71 bits per heavy atom. The van der Waals surface area contributed by atoms with Crippen LogP contribution in [-0.4, -0.2) is 69.6 Å². The molecule has 0 aromatic heterocycles. The summed E-state index contributed by atoms with van der Waals surface area (Å²) in [5.41, 5.74) is 0.974. The maximum atomic E-state index is 12.8. The summed E-state index contributed by atoms with van der Waals surface area (Å²) in [6.45, 7) is 3.90. The van der Waals surface area contributed by atoms with Crippen LogP contribution in [0.5, 0.6) is 0 Å². The molecule has 172 valence electrons. The van der Waals surface area contributed by atoms with Crippen molar-refractivity contribution in [2.24, 2.45) is 5.92 Å². The summed E-state index contributed by atoms with van der Waals surface area (Å²) in [5, 5.41) is 5.34. The van der Waals surface area contributed by atoms with Gasteiger partial charge >= 0.3 is 0 Å². The minimum atomic E-state index is -3.60. The monoisotopic (exact) mass is 471 g/mol. The van der Waals surface area contributed by atoms with Crippen molar-refractivity contribution in [1.82, 2.24) is 14.9 Å². The second-order valence-electron chi connectivity index (χ2n) is 8.33. The number of rotatable bonds is 6. The van der Waals surface area contributed by atoms with E-state index in [1.54, 1.807) is 31.2 Å². The molecule has 2 fully saturated rings. The first kappa shape index (κ1) is 23.7. The van der Waals surface area contributed by atoms with E-state index < -0.39 is 37.9 Å². The third-order valence-corrected chi connectivity index (χ3v) is 9.50. The van der Waals surface area contributed by atoms with Crippen LogP contribution in [0, 0.1) is 12.8 Å². The van der Waals surface area contributed by atoms with E-state index in [1.807, 2.05) is 6.92 Å². The van der Waals surface area contributed by atoms with E-state index in [1.165, 1.54) is 4.31 Å². The van der Waals surface area contributed by atoms with Gasteiger partial charge in [0.25, 0.3) is 0 Å². The highest BCUT2D eigenvalue weighted by Gasteiger charge is 2.34. The number of carbonyl (C=O) groups excluding carboxylic acids is 2. The van der Waals surface area contributed by atoms with Gasteiger partial charge in [-0.3, -0.25) is 9.59 Å². The van der Waals surface area contributed by atoms with Crippen LogP contribution in [0.2, 0.25) is 0 Å². The van der Waals surface area contributed by atoms with Crippen LogP contribution in [0.25, 0.3) is 0 Å². The number of nitrogens with zero attached hydrogens (tertiary/aromatic N) is 1. The number of sulfonamides is 1. The van der Waals surface area contributed by atoms with E-state index in [9.17, 15) is 26.4 Å². The van der Waals surface area contributed by atoms with E-state index in [-0.39, 0.29) is 41.3 Å². The smallest absolute Gasteiger partial charge is 0.243 e. The van der Waals surface area contributed by atoms with Crippen LogP contribution in [0.4, 0.5) is 0 Å². The minimum absolute atomic E-state index is 0.0583. The van der Waals surface area contributed by atoms with Crippen LogP contribution >= 0.6 is 0 Å². The summed E-state index contributed by atoms with van der Waals surface area (Å²) in [5.74, 6) is -1.12. The molecule has 2 N–H and O–H groups in total. The Morgan fingerprint density at radius 1 is 1.10 bits per heavy atom. The van der Waals surface area contributed by atoms with Crippen LogP contribution in [0.1, 0.15) is 31.7 Å². The zero-order chi connectivity index (χ0) is 22.8. The van der Waals surface area contributed by atoms with Crippen LogP contribution in [0.3, 0.4) is 0 Å². The molecule has 31 heavy (non-hydrogen) atoms. The van der Waals surface area contributed by atoms with Gasteiger partial charge in [0.2, 0.25) is 21.8 Å². The van der Waals surface area contributed by atoms with E-state index in [4.69, 9.17) is 0 Å². The summed E-state index contributed by atoms with van der Waals surface area (Å²) in [4.78, 5) is 25.1. The molecule has 1 aromatic carbocycles. The van der Waals surface area contributed by atoms with Gasteiger partial charge in [-0.05, 0) is 45.2 Å². The maximum Gasteiger partial charge on any atom is 0.243 e. The molecular formula is C20H29N3O6S2. The topological polar surface area (TPSA) is 130 Å². The van der Waals surface area contributed by atoms with Gasteiger partial charge in [0.15, 0.2) is 9.84 Å². The molecule has 0 spiro atoms.